The lowest BCUT2D eigenvalue weighted by Crippen LogP contribution is -2.33. The Labute approximate surface area is 180 Å². The summed E-state index contributed by atoms with van der Waals surface area (Å²) in [7, 11) is 0. The van der Waals surface area contributed by atoms with Crippen LogP contribution < -0.4 is 16.0 Å². The van der Waals surface area contributed by atoms with Gasteiger partial charge in [0.05, 0.1) is 11.9 Å². The molecule has 1 aliphatic rings. The molecule has 162 valence electrons. The number of hydrogen-bond donors (Lipinski definition) is 4. The van der Waals surface area contributed by atoms with E-state index in [-0.39, 0.29) is 24.2 Å². The maximum absolute atomic E-state index is 11.8. The third-order valence-corrected chi connectivity index (χ3v) is 4.94. The first kappa shape index (κ1) is 20.6. The Bertz CT molecular complexity index is 990. The van der Waals surface area contributed by atoms with Crippen LogP contribution in [0.5, 0.6) is 0 Å². The van der Waals surface area contributed by atoms with E-state index in [4.69, 9.17) is 4.74 Å². The normalized spacial score (nSPS) is 18.0. The molecule has 31 heavy (non-hydrogen) atoms. The average Bonchev–Trinajstić information content (AvgIpc) is 3.39. The Morgan fingerprint density at radius 1 is 1.13 bits per heavy atom. The third-order valence-electron chi connectivity index (χ3n) is 4.94. The van der Waals surface area contributed by atoms with Crippen LogP contribution in [-0.2, 0) is 4.74 Å². The quantitative estimate of drug-likeness (QED) is 0.452. The summed E-state index contributed by atoms with van der Waals surface area (Å²) in [6, 6.07) is 7.55. The number of carbonyl (C=O) groups excluding carboxylic acids is 1. The highest BCUT2D eigenvalue weighted by Crippen LogP contribution is 2.36. The zero-order chi connectivity index (χ0) is 21.6. The van der Waals surface area contributed by atoms with Crippen molar-refractivity contribution in [2.45, 2.75) is 51.2 Å². The molecule has 0 spiro atoms. The summed E-state index contributed by atoms with van der Waals surface area (Å²) in [6.07, 6.45) is 7.20. The second-order valence-electron chi connectivity index (χ2n) is 7.80. The summed E-state index contributed by atoms with van der Waals surface area (Å²) >= 11 is 0. The molecule has 0 radical (unpaired) electrons. The summed E-state index contributed by atoms with van der Waals surface area (Å²) in [6.45, 7) is 3.82. The zero-order valence-corrected chi connectivity index (χ0v) is 17.5. The van der Waals surface area contributed by atoms with E-state index in [1.807, 2.05) is 32.0 Å². The van der Waals surface area contributed by atoms with Gasteiger partial charge < -0.3 is 20.7 Å². The fourth-order valence-corrected chi connectivity index (χ4v) is 3.53. The maximum Gasteiger partial charge on any atom is 0.407 e. The molecule has 10 heteroatoms. The van der Waals surface area contributed by atoms with Crippen LogP contribution in [0.25, 0.3) is 0 Å². The van der Waals surface area contributed by atoms with Gasteiger partial charge in [0.1, 0.15) is 11.9 Å². The maximum atomic E-state index is 11.8. The first-order valence-electron chi connectivity index (χ1n) is 10.3. The molecule has 3 aromatic rings. The Morgan fingerprint density at radius 2 is 1.97 bits per heavy atom. The van der Waals surface area contributed by atoms with Crippen LogP contribution in [0, 0.1) is 0 Å². The lowest BCUT2D eigenvalue weighted by Gasteiger charge is -2.14. The number of pyridine rings is 1. The van der Waals surface area contributed by atoms with Gasteiger partial charge in [-0.25, -0.2) is 19.7 Å². The van der Waals surface area contributed by atoms with Crippen molar-refractivity contribution >= 4 is 29.4 Å². The van der Waals surface area contributed by atoms with Crippen molar-refractivity contribution in [1.29, 1.82) is 0 Å². The standard InChI is InChI=1S/C21H26N8O2/c1-13(2)25-21(30)31-16-6-4-14(10-16)17-11-19(29-28-17)27-18-7-5-15(12-24-18)26-20-22-8-3-9-23-20/h3,5,7-9,11-14,16H,4,6,10H2,1-2H3,(H,25,30)(H,22,23,26)(H2,24,27,28,29). The van der Waals surface area contributed by atoms with Gasteiger partial charge in [0.25, 0.3) is 0 Å². The fraction of sp³-hybridized carbons (Fsp3) is 0.381. The van der Waals surface area contributed by atoms with Gasteiger partial charge in [-0.05, 0) is 51.3 Å². The zero-order valence-electron chi connectivity index (χ0n) is 17.5. The van der Waals surface area contributed by atoms with Crippen LogP contribution in [0.3, 0.4) is 0 Å². The van der Waals surface area contributed by atoms with Crippen LogP contribution in [0.4, 0.5) is 28.1 Å². The molecule has 1 amide bonds. The van der Waals surface area contributed by atoms with E-state index in [1.165, 1.54) is 0 Å². The Kier molecular flexibility index (Phi) is 6.25. The van der Waals surface area contributed by atoms with Gasteiger partial charge in [-0.15, -0.1) is 0 Å². The summed E-state index contributed by atoms with van der Waals surface area (Å²) in [5.41, 5.74) is 1.82. The molecule has 1 saturated carbocycles. The molecule has 1 aliphatic carbocycles. The van der Waals surface area contributed by atoms with E-state index < -0.39 is 0 Å². The number of amides is 1. The summed E-state index contributed by atoms with van der Waals surface area (Å²) in [5.74, 6) is 2.17. The first-order chi connectivity index (χ1) is 15.0. The van der Waals surface area contributed by atoms with E-state index in [0.717, 1.165) is 30.6 Å². The molecule has 3 aromatic heterocycles. The molecular formula is C21H26N8O2. The van der Waals surface area contributed by atoms with Crippen molar-refractivity contribution in [3.8, 4) is 0 Å². The van der Waals surface area contributed by atoms with Crippen LogP contribution >= 0.6 is 0 Å². The number of hydrogen-bond acceptors (Lipinski definition) is 8. The van der Waals surface area contributed by atoms with Crippen molar-refractivity contribution in [1.82, 2.24) is 30.5 Å². The molecule has 2 unspecified atom stereocenters. The van der Waals surface area contributed by atoms with Crippen LogP contribution in [0.2, 0.25) is 0 Å². The van der Waals surface area contributed by atoms with Crippen molar-refractivity contribution in [3.63, 3.8) is 0 Å². The summed E-state index contributed by atoms with van der Waals surface area (Å²) in [4.78, 5) is 24.5. The smallest absolute Gasteiger partial charge is 0.407 e. The van der Waals surface area contributed by atoms with Gasteiger partial charge in [0, 0.05) is 36.1 Å². The van der Waals surface area contributed by atoms with Crippen molar-refractivity contribution in [2.75, 3.05) is 10.6 Å². The second-order valence-corrected chi connectivity index (χ2v) is 7.80. The predicted octanol–water partition coefficient (Wildman–Crippen LogP) is 3.85. The molecule has 0 bridgehead atoms. The molecule has 0 aromatic carbocycles. The SMILES string of the molecule is CC(C)NC(=O)OC1CCC(c2cc(Nc3ccc(Nc4ncccn4)cn3)n[nH]2)C1. The number of ether oxygens (including phenoxy) is 1. The molecule has 4 rings (SSSR count). The molecule has 2 atom stereocenters. The van der Waals surface area contributed by atoms with Crippen molar-refractivity contribution < 1.29 is 9.53 Å². The minimum atomic E-state index is -0.351. The van der Waals surface area contributed by atoms with Gasteiger partial charge >= 0.3 is 6.09 Å². The molecule has 0 aliphatic heterocycles. The monoisotopic (exact) mass is 422 g/mol. The minimum absolute atomic E-state index is 0.0658. The fourth-order valence-electron chi connectivity index (χ4n) is 3.53. The van der Waals surface area contributed by atoms with Crippen LogP contribution in [-0.4, -0.2) is 43.4 Å². The van der Waals surface area contributed by atoms with Gasteiger partial charge in [0.2, 0.25) is 5.95 Å². The number of anilines is 4. The van der Waals surface area contributed by atoms with Crippen LogP contribution in [0.15, 0.2) is 42.9 Å². The highest BCUT2D eigenvalue weighted by Gasteiger charge is 2.30. The molecule has 3 heterocycles. The van der Waals surface area contributed by atoms with Gasteiger partial charge in [0.15, 0.2) is 5.82 Å². The largest absolute Gasteiger partial charge is 0.446 e. The van der Waals surface area contributed by atoms with Gasteiger partial charge in [-0.2, -0.15) is 5.10 Å². The van der Waals surface area contributed by atoms with Crippen molar-refractivity contribution in [3.05, 3.63) is 48.5 Å². The average molecular weight is 422 g/mol. The lowest BCUT2D eigenvalue weighted by atomic mass is 10.0. The first-order valence-corrected chi connectivity index (χ1v) is 10.3. The topological polar surface area (TPSA) is 130 Å². The number of aromatic nitrogens is 5. The Morgan fingerprint density at radius 3 is 2.71 bits per heavy atom. The number of nitrogens with zero attached hydrogens (tertiary/aromatic N) is 4. The predicted molar refractivity (Wildman–Crippen MR) is 117 cm³/mol. The molecule has 4 N–H and O–H groups in total. The summed E-state index contributed by atoms with van der Waals surface area (Å²) < 4.78 is 5.51. The lowest BCUT2D eigenvalue weighted by molar-refractivity contribution is 0.0981. The van der Waals surface area contributed by atoms with E-state index in [1.54, 1.807) is 24.7 Å². The van der Waals surface area contributed by atoms with E-state index in [9.17, 15) is 4.79 Å². The molecule has 1 fully saturated rings. The number of aromatic amines is 1. The van der Waals surface area contributed by atoms with E-state index in [0.29, 0.717) is 17.6 Å². The summed E-state index contributed by atoms with van der Waals surface area (Å²) in [5, 5.41) is 16.5. The van der Waals surface area contributed by atoms with Crippen molar-refractivity contribution in [2.24, 2.45) is 0 Å². The number of alkyl carbamates (subject to hydrolysis) is 1. The number of rotatable bonds is 7. The third kappa shape index (κ3) is 5.68. The van der Waals surface area contributed by atoms with E-state index in [2.05, 4.69) is 41.1 Å². The Hall–Kier alpha value is -3.69. The Balaban J connectivity index is 1.30. The van der Waals surface area contributed by atoms with Gasteiger partial charge in [-0.3, -0.25) is 5.10 Å². The second kappa shape index (κ2) is 9.41. The number of nitrogens with one attached hydrogen (secondary N) is 4. The van der Waals surface area contributed by atoms with Gasteiger partial charge in [-0.1, -0.05) is 0 Å². The number of carbonyl (C=O) groups is 1. The molecular weight excluding hydrogens is 396 g/mol. The number of H-pyrrole nitrogens is 1. The highest BCUT2D eigenvalue weighted by molar-refractivity contribution is 5.67. The minimum Gasteiger partial charge on any atom is -0.446 e. The van der Waals surface area contributed by atoms with E-state index >= 15 is 0 Å². The van der Waals surface area contributed by atoms with Crippen LogP contribution in [0.1, 0.15) is 44.7 Å². The molecule has 0 saturated heterocycles. The highest BCUT2D eigenvalue weighted by atomic mass is 16.6. The molecule has 10 nitrogen and oxygen atoms in total.